The van der Waals surface area contributed by atoms with Crippen molar-refractivity contribution in [3.05, 3.63) is 199 Å². The summed E-state index contributed by atoms with van der Waals surface area (Å²) in [6.07, 6.45) is 10.3. The summed E-state index contributed by atoms with van der Waals surface area (Å²) < 4.78 is 6.46. The fraction of sp³-hybridized carbons (Fsp3) is 0.107. The maximum Gasteiger partial charge on any atom is 0.143 e. The molecular weight excluding hydrogens is 689 g/mol. The Morgan fingerprint density at radius 3 is 1.86 bits per heavy atom. The Hall–Kier alpha value is -6.70. The zero-order chi connectivity index (χ0) is 38.7. The highest BCUT2D eigenvalue weighted by Gasteiger charge is 2.36. The summed E-state index contributed by atoms with van der Waals surface area (Å²) in [5.74, 6) is 0. The average molecular weight is 733 g/mol. The summed E-state index contributed by atoms with van der Waals surface area (Å²) in [6.45, 7) is 10.9. The number of furan rings is 1. The Balaban J connectivity index is 1.20. The van der Waals surface area contributed by atoms with Gasteiger partial charge in [-0.15, -0.1) is 0 Å². The van der Waals surface area contributed by atoms with Crippen LogP contribution in [0.4, 0.5) is 0 Å². The van der Waals surface area contributed by atoms with E-state index in [9.17, 15) is 0 Å². The third-order valence-electron chi connectivity index (χ3n) is 12.2. The van der Waals surface area contributed by atoms with E-state index < -0.39 is 0 Å². The van der Waals surface area contributed by atoms with Gasteiger partial charge in [0.05, 0.1) is 0 Å². The predicted octanol–water partition coefficient (Wildman–Crippen LogP) is 16.1. The quantitative estimate of drug-likeness (QED) is 0.112. The van der Waals surface area contributed by atoms with E-state index >= 15 is 0 Å². The van der Waals surface area contributed by atoms with Crippen molar-refractivity contribution in [3.63, 3.8) is 0 Å². The van der Waals surface area contributed by atoms with Gasteiger partial charge in [0.25, 0.3) is 0 Å². The van der Waals surface area contributed by atoms with E-state index in [2.05, 4.69) is 185 Å². The number of fused-ring (bicyclic) bond motifs is 8. The zero-order valence-corrected chi connectivity index (χ0v) is 32.8. The lowest BCUT2D eigenvalue weighted by Gasteiger charge is -2.24. The Morgan fingerprint density at radius 1 is 0.544 bits per heavy atom. The Kier molecular flexibility index (Phi) is 8.42. The van der Waals surface area contributed by atoms with Crippen molar-refractivity contribution >= 4 is 49.1 Å². The highest BCUT2D eigenvalue weighted by atomic mass is 16.3. The van der Waals surface area contributed by atoms with Gasteiger partial charge in [-0.1, -0.05) is 192 Å². The standard InChI is InChI=1S/C56H44O/c1-5-7-8-17-36(16-6-2)37-26-30-39(31-27-37)54-45-21-10-9-20-44(45)53(48-34-47-42-18-11-13-24-50(42)56(3,4)51(47)35-49(48)54)40-32-28-38(29-33-40)41-22-15-23-46-43-19-12-14-25-52(43)57-55(41)46/h5,7-15,17-35H,1,6,16H2,2-4H3/b8-7-,36-17+. The van der Waals surface area contributed by atoms with Gasteiger partial charge < -0.3 is 4.42 Å². The highest BCUT2D eigenvalue weighted by Crippen LogP contribution is 2.53. The second-order valence-electron chi connectivity index (χ2n) is 15.9. The van der Waals surface area contributed by atoms with E-state index in [4.69, 9.17) is 4.42 Å². The monoisotopic (exact) mass is 732 g/mol. The number of allylic oxidation sites excluding steroid dienone is 5. The summed E-state index contributed by atoms with van der Waals surface area (Å²) in [5.41, 5.74) is 17.0. The SMILES string of the molecule is C=C/C=C\C=C(/CCC)c1ccc(-c2c3ccccc3c(-c3ccc(-c4cccc5c4oc4ccccc45)cc3)c3cc4c(cc23)C(C)(C)c2ccccc2-4)cc1. The molecule has 0 saturated heterocycles. The molecule has 0 radical (unpaired) electrons. The zero-order valence-electron chi connectivity index (χ0n) is 32.8. The number of rotatable bonds is 8. The smallest absolute Gasteiger partial charge is 0.143 e. The number of hydrogen-bond acceptors (Lipinski definition) is 1. The lowest BCUT2D eigenvalue weighted by atomic mass is 9.79. The molecule has 0 spiro atoms. The molecule has 274 valence electrons. The fourth-order valence-corrected chi connectivity index (χ4v) is 9.48. The molecule has 1 nitrogen and oxygen atoms in total. The van der Waals surface area contributed by atoms with Gasteiger partial charge in [0.1, 0.15) is 11.2 Å². The third kappa shape index (κ3) is 5.60. The van der Waals surface area contributed by atoms with Gasteiger partial charge in [-0.05, 0) is 107 Å². The molecule has 0 saturated carbocycles. The molecule has 0 N–H and O–H groups in total. The first-order chi connectivity index (χ1) is 28.0. The topological polar surface area (TPSA) is 13.1 Å². The van der Waals surface area contributed by atoms with E-state index in [1.165, 1.54) is 77.2 Å². The molecule has 1 heterocycles. The Labute approximate surface area is 334 Å². The lowest BCUT2D eigenvalue weighted by Crippen LogP contribution is -2.14. The second kappa shape index (κ2) is 13.8. The second-order valence-corrected chi connectivity index (χ2v) is 15.9. The fourth-order valence-electron chi connectivity index (χ4n) is 9.48. The van der Waals surface area contributed by atoms with E-state index in [1.54, 1.807) is 0 Å². The van der Waals surface area contributed by atoms with Crippen LogP contribution in [0.2, 0.25) is 0 Å². The van der Waals surface area contributed by atoms with Gasteiger partial charge in [0, 0.05) is 21.8 Å². The number of hydrogen-bond donors (Lipinski definition) is 0. The summed E-state index contributed by atoms with van der Waals surface area (Å²) in [7, 11) is 0. The van der Waals surface area contributed by atoms with Gasteiger partial charge >= 0.3 is 0 Å². The molecule has 0 bridgehead atoms. The van der Waals surface area contributed by atoms with Crippen LogP contribution in [0.15, 0.2) is 187 Å². The molecule has 0 amide bonds. The summed E-state index contributed by atoms with van der Waals surface area (Å²) in [6, 6.07) is 56.2. The average Bonchev–Trinajstić information content (AvgIpc) is 3.74. The molecule has 1 aliphatic carbocycles. The minimum Gasteiger partial charge on any atom is -0.455 e. The Bertz CT molecular complexity index is 3090. The van der Waals surface area contributed by atoms with Crippen LogP contribution in [-0.2, 0) is 5.41 Å². The van der Waals surface area contributed by atoms with Crippen LogP contribution in [0, 0.1) is 0 Å². The molecular formula is C56H44O. The maximum atomic E-state index is 6.46. The van der Waals surface area contributed by atoms with E-state index in [0.29, 0.717) is 0 Å². The first kappa shape index (κ1) is 34.8. The summed E-state index contributed by atoms with van der Waals surface area (Å²) >= 11 is 0. The minimum atomic E-state index is -0.120. The third-order valence-corrected chi connectivity index (χ3v) is 12.2. The molecule has 9 aromatic rings. The highest BCUT2D eigenvalue weighted by molar-refractivity contribution is 6.22. The van der Waals surface area contributed by atoms with Crippen molar-refractivity contribution in [1.29, 1.82) is 0 Å². The van der Waals surface area contributed by atoms with Crippen LogP contribution in [0.25, 0.3) is 93.6 Å². The molecule has 1 heteroatoms. The number of benzene rings is 8. The van der Waals surface area contributed by atoms with E-state index in [0.717, 1.165) is 45.9 Å². The van der Waals surface area contributed by atoms with Crippen molar-refractivity contribution in [2.75, 3.05) is 0 Å². The van der Waals surface area contributed by atoms with Crippen LogP contribution in [0.3, 0.4) is 0 Å². The minimum absolute atomic E-state index is 0.120. The van der Waals surface area contributed by atoms with Crippen LogP contribution >= 0.6 is 0 Å². The first-order valence-electron chi connectivity index (χ1n) is 20.2. The maximum absolute atomic E-state index is 6.46. The van der Waals surface area contributed by atoms with Gasteiger partial charge in [-0.2, -0.15) is 0 Å². The normalized spacial score (nSPS) is 13.6. The molecule has 57 heavy (non-hydrogen) atoms. The van der Waals surface area contributed by atoms with Crippen molar-refractivity contribution in [2.45, 2.75) is 39.0 Å². The number of para-hydroxylation sites is 2. The molecule has 1 aromatic heterocycles. The predicted molar refractivity (Wildman–Crippen MR) is 245 cm³/mol. The molecule has 1 aliphatic rings. The first-order valence-corrected chi connectivity index (χ1v) is 20.2. The summed E-state index contributed by atoms with van der Waals surface area (Å²) in [5, 5.41) is 7.36. The van der Waals surface area contributed by atoms with Gasteiger partial charge in [0.15, 0.2) is 0 Å². The van der Waals surface area contributed by atoms with Crippen LogP contribution in [-0.4, -0.2) is 0 Å². The summed E-state index contributed by atoms with van der Waals surface area (Å²) in [4.78, 5) is 0. The molecule has 0 fully saturated rings. The van der Waals surface area contributed by atoms with Crippen LogP contribution < -0.4 is 0 Å². The van der Waals surface area contributed by atoms with Gasteiger partial charge in [-0.25, -0.2) is 0 Å². The van der Waals surface area contributed by atoms with E-state index in [-0.39, 0.29) is 5.41 Å². The van der Waals surface area contributed by atoms with Crippen LogP contribution in [0.1, 0.15) is 50.3 Å². The van der Waals surface area contributed by atoms with Crippen molar-refractivity contribution in [2.24, 2.45) is 0 Å². The van der Waals surface area contributed by atoms with Gasteiger partial charge in [0.2, 0.25) is 0 Å². The Morgan fingerprint density at radius 2 is 1.14 bits per heavy atom. The lowest BCUT2D eigenvalue weighted by molar-refractivity contribution is 0.661. The van der Waals surface area contributed by atoms with Gasteiger partial charge in [-0.3, -0.25) is 0 Å². The van der Waals surface area contributed by atoms with Crippen molar-refractivity contribution in [1.82, 2.24) is 0 Å². The molecule has 10 rings (SSSR count). The van der Waals surface area contributed by atoms with E-state index in [1.807, 2.05) is 18.2 Å². The van der Waals surface area contributed by atoms with Crippen LogP contribution in [0.5, 0.6) is 0 Å². The van der Waals surface area contributed by atoms with Crippen molar-refractivity contribution < 1.29 is 4.42 Å². The molecule has 0 aliphatic heterocycles. The van der Waals surface area contributed by atoms with Crippen molar-refractivity contribution in [3.8, 4) is 44.5 Å². The molecule has 0 unspecified atom stereocenters. The molecule has 8 aromatic carbocycles. The molecule has 0 atom stereocenters. The largest absolute Gasteiger partial charge is 0.455 e.